The second kappa shape index (κ2) is 9.85. The summed E-state index contributed by atoms with van der Waals surface area (Å²) in [4.78, 5) is 0. The topological polar surface area (TPSA) is 12.0 Å². The molecule has 1 heteroatoms. The first-order valence-electron chi connectivity index (χ1n) is 16.2. The van der Waals surface area contributed by atoms with Crippen molar-refractivity contribution in [3.05, 3.63) is 133 Å². The van der Waals surface area contributed by atoms with E-state index in [1.807, 2.05) is 0 Å². The molecule has 4 bridgehead atoms. The predicted molar refractivity (Wildman–Crippen MR) is 182 cm³/mol. The average Bonchev–Trinajstić information content (AvgIpc) is 3.04. The zero-order chi connectivity index (χ0) is 28.4. The number of para-hydroxylation sites is 1. The Morgan fingerprint density at radius 3 is 1.84 bits per heavy atom. The number of fused-ring (bicyclic) bond motifs is 2. The summed E-state index contributed by atoms with van der Waals surface area (Å²) in [5.74, 6) is 2.86. The lowest BCUT2D eigenvalue weighted by atomic mass is 9.47. The summed E-state index contributed by atoms with van der Waals surface area (Å²) in [6.07, 6.45) is 8.68. The summed E-state index contributed by atoms with van der Waals surface area (Å²) in [6, 6.07) is 47.0. The Labute approximate surface area is 254 Å². The summed E-state index contributed by atoms with van der Waals surface area (Å²) in [7, 11) is 0. The predicted octanol–water partition coefficient (Wildman–Crippen LogP) is 11.5. The molecule has 4 aliphatic carbocycles. The highest BCUT2D eigenvalue weighted by molar-refractivity contribution is 6.01. The van der Waals surface area contributed by atoms with Crippen LogP contribution in [0.25, 0.3) is 43.8 Å². The van der Waals surface area contributed by atoms with Crippen LogP contribution in [0.1, 0.15) is 44.1 Å². The molecule has 6 aromatic rings. The van der Waals surface area contributed by atoms with Gasteiger partial charge in [0.15, 0.2) is 0 Å². The molecule has 4 saturated carbocycles. The van der Waals surface area contributed by atoms with E-state index in [2.05, 4.69) is 133 Å². The van der Waals surface area contributed by atoms with E-state index in [1.165, 1.54) is 82.3 Å². The highest BCUT2D eigenvalue weighted by atomic mass is 14.9. The average molecular weight is 556 g/mol. The zero-order valence-electron chi connectivity index (χ0n) is 24.6. The number of anilines is 2. The zero-order valence-corrected chi connectivity index (χ0v) is 24.6. The van der Waals surface area contributed by atoms with E-state index >= 15 is 0 Å². The molecular formula is C42H37N. The molecule has 1 N–H and O–H groups in total. The van der Waals surface area contributed by atoms with Crippen LogP contribution in [0, 0.1) is 17.8 Å². The molecule has 43 heavy (non-hydrogen) atoms. The van der Waals surface area contributed by atoms with Gasteiger partial charge >= 0.3 is 0 Å². The van der Waals surface area contributed by atoms with Crippen LogP contribution >= 0.6 is 0 Å². The third kappa shape index (κ3) is 4.20. The van der Waals surface area contributed by atoms with Gasteiger partial charge < -0.3 is 5.32 Å². The van der Waals surface area contributed by atoms with Crippen molar-refractivity contribution in [1.82, 2.24) is 0 Å². The van der Waals surface area contributed by atoms with E-state index in [4.69, 9.17) is 0 Å². The van der Waals surface area contributed by atoms with Gasteiger partial charge in [0.1, 0.15) is 0 Å². The van der Waals surface area contributed by atoms with Gasteiger partial charge in [-0.25, -0.2) is 0 Å². The smallest absolute Gasteiger partial charge is 0.0464 e. The third-order valence-corrected chi connectivity index (χ3v) is 11.0. The monoisotopic (exact) mass is 555 g/mol. The Bertz CT molecular complexity index is 1940. The van der Waals surface area contributed by atoms with E-state index in [-0.39, 0.29) is 0 Å². The molecule has 0 amide bonds. The van der Waals surface area contributed by atoms with Gasteiger partial charge in [0.2, 0.25) is 0 Å². The Kier molecular flexibility index (Phi) is 5.76. The van der Waals surface area contributed by atoms with Gasteiger partial charge in [-0.15, -0.1) is 0 Å². The fourth-order valence-corrected chi connectivity index (χ4v) is 9.63. The molecule has 4 fully saturated rings. The minimum absolute atomic E-state index is 0.401. The van der Waals surface area contributed by atoms with Crippen LogP contribution in [0.2, 0.25) is 0 Å². The van der Waals surface area contributed by atoms with Crippen LogP contribution < -0.4 is 5.32 Å². The van der Waals surface area contributed by atoms with Crippen molar-refractivity contribution in [3.63, 3.8) is 0 Å². The van der Waals surface area contributed by atoms with E-state index in [0.29, 0.717) is 5.41 Å². The van der Waals surface area contributed by atoms with E-state index < -0.39 is 0 Å². The number of hydrogen-bond acceptors (Lipinski definition) is 1. The Morgan fingerprint density at radius 1 is 0.465 bits per heavy atom. The number of nitrogens with one attached hydrogen (secondary N) is 1. The maximum absolute atomic E-state index is 3.74. The largest absolute Gasteiger partial charge is 0.355 e. The number of benzene rings is 6. The van der Waals surface area contributed by atoms with E-state index in [9.17, 15) is 0 Å². The summed E-state index contributed by atoms with van der Waals surface area (Å²) in [6.45, 7) is 0. The molecular weight excluding hydrogens is 518 g/mol. The number of rotatable bonds is 5. The highest BCUT2D eigenvalue weighted by Crippen LogP contribution is 2.61. The van der Waals surface area contributed by atoms with Crippen molar-refractivity contribution in [3.8, 4) is 22.3 Å². The lowest BCUT2D eigenvalue weighted by Gasteiger charge is -2.57. The molecule has 0 heterocycles. The molecule has 4 aliphatic rings. The Morgan fingerprint density at radius 2 is 1.07 bits per heavy atom. The molecule has 210 valence electrons. The van der Waals surface area contributed by atoms with Gasteiger partial charge in [-0.3, -0.25) is 0 Å². The second-order valence-corrected chi connectivity index (χ2v) is 13.7. The summed E-state index contributed by atoms with van der Waals surface area (Å²) in [5, 5.41) is 9.16. The fraction of sp³-hybridized carbons (Fsp3) is 0.238. The van der Waals surface area contributed by atoms with Gasteiger partial charge in [0.05, 0.1) is 0 Å². The van der Waals surface area contributed by atoms with Crippen molar-refractivity contribution in [2.45, 2.75) is 43.9 Å². The van der Waals surface area contributed by atoms with Crippen LogP contribution in [0.4, 0.5) is 11.4 Å². The van der Waals surface area contributed by atoms with Crippen molar-refractivity contribution in [2.75, 3.05) is 5.32 Å². The van der Waals surface area contributed by atoms with Crippen LogP contribution in [-0.2, 0) is 5.41 Å². The van der Waals surface area contributed by atoms with Gasteiger partial charge in [-0.05, 0) is 124 Å². The first kappa shape index (κ1) is 25.2. The summed E-state index contributed by atoms with van der Waals surface area (Å²) in [5.41, 5.74) is 9.35. The van der Waals surface area contributed by atoms with Crippen molar-refractivity contribution in [2.24, 2.45) is 17.8 Å². The molecule has 0 unspecified atom stereocenters. The fourth-order valence-electron chi connectivity index (χ4n) is 9.63. The molecule has 0 radical (unpaired) electrons. The second-order valence-electron chi connectivity index (χ2n) is 13.7. The van der Waals surface area contributed by atoms with Gasteiger partial charge in [-0.1, -0.05) is 109 Å². The van der Waals surface area contributed by atoms with Gasteiger partial charge in [-0.2, -0.15) is 0 Å². The summed E-state index contributed by atoms with van der Waals surface area (Å²) >= 11 is 0. The SMILES string of the molecule is c1ccc(-c2cccc3ccccc23)c(Nc2ccc(-c3ccc(C45CC6CC(CC(C6)C4)C5)c4ccccc34)cc2)c1. The first-order chi connectivity index (χ1) is 21.2. The lowest BCUT2D eigenvalue weighted by molar-refractivity contribution is -0.00449. The van der Waals surface area contributed by atoms with Crippen molar-refractivity contribution < 1.29 is 0 Å². The van der Waals surface area contributed by atoms with E-state index in [1.54, 1.807) is 5.56 Å². The maximum atomic E-state index is 3.74. The van der Waals surface area contributed by atoms with Crippen LogP contribution in [-0.4, -0.2) is 0 Å². The Hall–Kier alpha value is -4.36. The normalized spacial score (nSPS) is 24.0. The number of hydrogen-bond donors (Lipinski definition) is 1. The minimum Gasteiger partial charge on any atom is -0.355 e. The standard InChI is InChI=1S/C42H37N/c1-2-10-34-31(8-1)9-7-14-37(34)39-13-5-6-15-41(39)43-33-18-16-32(17-19-33)35-20-21-40(38-12-4-3-11-36(35)38)42-25-28-22-29(26-42)24-30(23-28)27-42/h1-21,28-30,43H,22-27H2. The van der Waals surface area contributed by atoms with E-state index in [0.717, 1.165) is 29.1 Å². The molecule has 0 spiro atoms. The van der Waals surface area contributed by atoms with Crippen LogP contribution in [0.3, 0.4) is 0 Å². The molecule has 6 aromatic carbocycles. The Balaban J connectivity index is 1.05. The van der Waals surface area contributed by atoms with Crippen molar-refractivity contribution in [1.29, 1.82) is 0 Å². The van der Waals surface area contributed by atoms with Crippen LogP contribution in [0.5, 0.6) is 0 Å². The quantitative estimate of drug-likeness (QED) is 0.223. The van der Waals surface area contributed by atoms with Gasteiger partial charge in [0.25, 0.3) is 0 Å². The molecule has 1 nitrogen and oxygen atoms in total. The van der Waals surface area contributed by atoms with Crippen LogP contribution in [0.15, 0.2) is 127 Å². The molecule has 0 aliphatic heterocycles. The maximum Gasteiger partial charge on any atom is 0.0464 e. The molecule has 0 saturated heterocycles. The van der Waals surface area contributed by atoms with Crippen molar-refractivity contribution >= 4 is 32.9 Å². The summed E-state index contributed by atoms with van der Waals surface area (Å²) < 4.78 is 0. The first-order valence-corrected chi connectivity index (χ1v) is 16.2. The molecule has 0 atom stereocenters. The molecule has 0 aromatic heterocycles. The minimum atomic E-state index is 0.401. The highest BCUT2D eigenvalue weighted by Gasteiger charge is 2.52. The lowest BCUT2D eigenvalue weighted by Crippen LogP contribution is -2.48. The third-order valence-electron chi connectivity index (χ3n) is 11.0. The van der Waals surface area contributed by atoms with Gasteiger partial charge in [0, 0.05) is 16.9 Å². The molecule has 10 rings (SSSR count).